The van der Waals surface area contributed by atoms with Crippen LogP contribution >= 0.6 is 0 Å². The molecule has 0 radical (unpaired) electrons. The van der Waals surface area contributed by atoms with E-state index in [-0.39, 0.29) is 18.1 Å². The normalized spacial score (nSPS) is 26.1. The van der Waals surface area contributed by atoms with E-state index in [1.165, 1.54) is 4.90 Å². The molecule has 3 rings (SSSR count). The first-order valence-electron chi connectivity index (χ1n) is 8.40. The van der Waals surface area contributed by atoms with Crippen LogP contribution in [0.5, 0.6) is 0 Å². The molecule has 0 spiro atoms. The average molecular weight is 394 g/mol. The number of carbonyl (C=O) groups excluding carboxylic acids is 1. The molecule has 2 atom stereocenters. The highest BCUT2D eigenvalue weighted by Gasteiger charge is 2.48. The number of piperazine rings is 1. The fourth-order valence-corrected chi connectivity index (χ4v) is 5.71. The maximum absolute atomic E-state index is 12.4. The van der Waals surface area contributed by atoms with Gasteiger partial charge in [-0.2, -0.15) is 13.2 Å². The van der Waals surface area contributed by atoms with Crippen molar-refractivity contribution in [3.05, 3.63) is 23.7 Å². The number of carbonyl (C=O) groups is 1. The molecule has 0 aliphatic carbocycles. The van der Waals surface area contributed by atoms with Gasteiger partial charge in [0.1, 0.15) is 11.5 Å². The number of hydrogen-bond donors (Lipinski definition) is 0. The molecule has 2 fully saturated rings. The standard InChI is InChI=1S/C16H21F3N2O4S/c1-11-2-3-12(25-11)8-20-6-7-21(15(22)4-5-16(17,18)19)14-10-26(23,24)9-13(14)20/h2-3,13-14H,4-10H2,1H3/t13-,14+/m0/s1. The second-order valence-corrected chi connectivity index (χ2v) is 9.05. The summed E-state index contributed by atoms with van der Waals surface area (Å²) >= 11 is 0. The molecule has 0 bridgehead atoms. The molecule has 26 heavy (non-hydrogen) atoms. The number of aryl methyl sites for hydroxylation is 1. The van der Waals surface area contributed by atoms with Gasteiger partial charge >= 0.3 is 6.18 Å². The second-order valence-electron chi connectivity index (χ2n) is 6.90. The van der Waals surface area contributed by atoms with Crippen molar-refractivity contribution in [2.75, 3.05) is 24.6 Å². The van der Waals surface area contributed by atoms with Crippen molar-refractivity contribution in [2.24, 2.45) is 0 Å². The number of halogens is 3. The van der Waals surface area contributed by atoms with E-state index in [2.05, 4.69) is 0 Å². The predicted octanol–water partition coefficient (Wildman–Crippen LogP) is 1.74. The summed E-state index contributed by atoms with van der Waals surface area (Å²) in [7, 11) is -3.35. The summed E-state index contributed by atoms with van der Waals surface area (Å²) in [5.74, 6) is 0.505. The fraction of sp³-hybridized carbons (Fsp3) is 0.688. The zero-order valence-corrected chi connectivity index (χ0v) is 15.1. The number of fused-ring (bicyclic) bond motifs is 1. The third-order valence-corrected chi connectivity index (χ3v) is 6.59. The van der Waals surface area contributed by atoms with Gasteiger partial charge in [0, 0.05) is 25.6 Å². The predicted molar refractivity (Wildman–Crippen MR) is 87.1 cm³/mol. The molecule has 1 amide bonds. The van der Waals surface area contributed by atoms with E-state index < -0.39 is 46.8 Å². The average Bonchev–Trinajstić information content (AvgIpc) is 3.06. The largest absolute Gasteiger partial charge is 0.465 e. The molecule has 1 aromatic rings. The molecule has 146 valence electrons. The van der Waals surface area contributed by atoms with E-state index in [9.17, 15) is 26.4 Å². The number of hydrogen-bond acceptors (Lipinski definition) is 5. The molecule has 0 N–H and O–H groups in total. The topological polar surface area (TPSA) is 70.8 Å². The molecule has 2 saturated heterocycles. The third-order valence-electron chi connectivity index (χ3n) is 4.89. The molecular formula is C16H21F3N2O4S. The van der Waals surface area contributed by atoms with E-state index in [0.717, 1.165) is 5.76 Å². The van der Waals surface area contributed by atoms with Gasteiger partial charge in [0.05, 0.1) is 30.5 Å². The molecule has 10 heteroatoms. The second kappa shape index (κ2) is 6.88. The van der Waals surface area contributed by atoms with Gasteiger partial charge in [0.15, 0.2) is 9.84 Å². The lowest BCUT2D eigenvalue weighted by Crippen LogP contribution is -2.60. The first kappa shape index (κ1) is 19.2. The zero-order valence-electron chi connectivity index (χ0n) is 14.3. The lowest BCUT2D eigenvalue weighted by molar-refractivity contribution is -0.152. The first-order valence-corrected chi connectivity index (χ1v) is 10.2. The number of rotatable bonds is 4. The summed E-state index contributed by atoms with van der Waals surface area (Å²) in [5, 5.41) is 0. The van der Waals surface area contributed by atoms with Crippen LogP contribution in [0.25, 0.3) is 0 Å². The Hall–Kier alpha value is -1.55. The van der Waals surface area contributed by atoms with Gasteiger partial charge in [-0.1, -0.05) is 0 Å². The van der Waals surface area contributed by atoms with Crippen molar-refractivity contribution >= 4 is 15.7 Å². The molecule has 1 aromatic heterocycles. The van der Waals surface area contributed by atoms with Crippen LogP contribution in [-0.2, 0) is 21.2 Å². The van der Waals surface area contributed by atoms with Gasteiger partial charge < -0.3 is 9.32 Å². The Morgan fingerprint density at radius 3 is 2.54 bits per heavy atom. The maximum atomic E-state index is 12.4. The van der Waals surface area contributed by atoms with Gasteiger partial charge in [0.25, 0.3) is 0 Å². The summed E-state index contributed by atoms with van der Waals surface area (Å²) < 4.78 is 67.0. The van der Waals surface area contributed by atoms with Gasteiger partial charge in [-0.05, 0) is 19.1 Å². The van der Waals surface area contributed by atoms with E-state index >= 15 is 0 Å². The van der Waals surface area contributed by atoms with Gasteiger partial charge in [-0.15, -0.1) is 0 Å². The molecule has 2 aliphatic heterocycles. The Morgan fingerprint density at radius 1 is 1.23 bits per heavy atom. The van der Waals surface area contributed by atoms with Crippen LogP contribution in [0.1, 0.15) is 24.4 Å². The van der Waals surface area contributed by atoms with Gasteiger partial charge in [0.2, 0.25) is 5.91 Å². The summed E-state index contributed by atoms with van der Waals surface area (Å²) in [6.07, 6.45) is -6.25. The Bertz CT molecular complexity index is 775. The van der Waals surface area contributed by atoms with Crippen molar-refractivity contribution in [1.29, 1.82) is 0 Å². The zero-order chi connectivity index (χ0) is 19.1. The van der Waals surface area contributed by atoms with Crippen molar-refractivity contribution in [1.82, 2.24) is 9.80 Å². The molecular weight excluding hydrogens is 373 g/mol. The molecule has 2 aliphatic rings. The van der Waals surface area contributed by atoms with Gasteiger partial charge in [-0.25, -0.2) is 8.42 Å². The maximum Gasteiger partial charge on any atom is 0.389 e. The van der Waals surface area contributed by atoms with Crippen LogP contribution in [-0.4, -0.2) is 67.0 Å². The third kappa shape index (κ3) is 4.40. The monoisotopic (exact) mass is 394 g/mol. The molecule has 0 unspecified atom stereocenters. The SMILES string of the molecule is Cc1ccc(CN2CCN(C(=O)CCC(F)(F)F)[C@@H]3CS(=O)(=O)C[C@@H]32)o1. The highest BCUT2D eigenvalue weighted by molar-refractivity contribution is 7.91. The van der Waals surface area contributed by atoms with Crippen LogP contribution in [0.2, 0.25) is 0 Å². The number of sulfone groups is 1. The van der Waals surface area contributed by atoms with E-state index in [0.29, 0.717) is 18.8 Å². The lowest BCUT2D eigenvalue weighted by Gasteiger charge is -2.43. The van der Waals surface area contributed by atoms with Crippen molar-refractivity contribution < 1.29 is 30.8 Å². The number of furan rings is 1. The van der Waals surface area contributed by atoms with Crippen LogP contribution in [0.15, 0.2) is 16.5 Å². The lowest BCUT2D eigenvalue weighted by atomic mass is 10.0. The quantitative estimate of drug-likeness (QED) is 0.778. The Kier molecular flexibility index (Phi) is 5.08. The Labute approximate surface area is 149 Å². The minimum atomic E-state index is -4.41. The molecule has 3 heterocycles. The van der Waals surface area contributed by atoms with Crippen LogP contribution in [0.3, 0.4) is 0 Å². The first-order chi connectivity index (χ1) is 12.0. The summed E-state index contributed by atoms with van der Waals surface area (Å²) in [6.45, 7) is 2.83. The van der Waals surface area contributed by atoms with Crippen LogP contribution < -0.4 is 0 Å². The molecule has 0 aromatic carbocycles. The number of amides is 1. The summed E-state index contributed by atoms with van der Waals surface area (Å²) in [4.78, 5) is 15.5. The highest BCUT2D eigenvalue weighted by atomic mass is 32.2. The van der Waals surface area contributed by atoms with E-state index in [4.69, 9.17) is 4.42 Å². The van der Waals surface area contributed by atoms with Crippen LogP contribution in [0.4, 0.5) is 13.2 Å². The molecule has 6 nitrogen and oxygen atoms in total. The Morgan fingerprint density at radius 2 is 1.92 bits per heavy atom. The smallest absolute Gasteiger partial charge is 0.389 e. The number of alkyl halides is 3. The Balaban J connectivity index is 1.73. The van der Waals surface area contributed by atoms with E-state index in [1.807, 2.05) is 24.0 Å². The minimum Gasteiger partial charge on any atom is -0.465 e. The summed E-state index contributed by atoms with van der Waals surface area (Å²) in [6, 6.07) is 2.60. The van der Waals surface area contributed by atoms with Crippen molar-refractivity contribution in [3.8, 4) is 0 Å². The molecule has 0 saturated carbocycles. The van der Waals surface area contributed by atoms with E-state index in [1.54, 1.807) is 0 Å². The minimum absolute atomic E-state index is 0.0968. The van der Waals surface area contributed by atoms with Gasteiger partial charge in [-0.3, -0.25) is 9.69 Å². The fourth-order valence-electron chi connectivity index (χ4n) is 3.69. The van der Waals surface area contributed by atoms with Crippen molar-refractivity contribution in [2.45, 2.75) is 44.6 Å². The van der Waals surface area contributed by atoms with Crippen LogP contribution in [0, 0.1) is 6.92 Å². The summed E-state index contributed by atoms with van der Waals surface area (Å²) in [5.41, 5.74) is 0. The number of nitrogens with zero attached hydrogens (tertiary/aromatic N) is 2. The highest BCUT2D eigenvalue weighted by Crippen LogP contribution is 2.30. The van der Waals surface area contributed by atoms with Crippen molar-refractivity contribution in [3.63, 3.8) is 0 Å².